The molecule has 0 radical (unpaired) electrons. The predicted octanol–water partition coefficient (Wildman–Crippen LogP) is 21.1. The average molecular weight is 1190 g/mol. The van der Waals surface area contributed by atoms with Gasteiger partial charge in [-0.3, -0.25) is 0 Å². The number of rotatable bonds is 10. The van der Waals surface area contributed by atoms with Gasteiger partial charge in [-0.05, 0) is 181 Å². The van der Waals surface area contributed by atoms with Crippen LogP contribution >= 0.6 is 0 Å². The van der Waals surface area contributed by atoms with Crippen LogP contribution in [0.3, 0.4) is 0 Å². The molecule has 434 valence electrons. The molecule has 0 saturated heterocycles. The van der Waals surface area contributed by atoms with E-state index >= 15 is 17.6 Å². The van der Waals surface area contributed by atoms with Gasteiger partial charge in [0, 0.05) is 50.5 Å². The topological polar surface area (TPSA) is 11.4 Å². The van der Waals surface area contributed by atoms with Crippen molar-refractivity contribution in [2.24, 2.45) is 0 Å². The van der Waals surface area contributed by atoms with Crippen LogP contribution in [0.4, 0.5) is 51.7 Å². The molecule has 17 rings (SSSR count). The monoisotopic (exact) mass is 1190 g/mol. The highest BCUT2D eigenvalue weighted by molar-refractivity contribution is 7.00. The minimum absolute atomic E-state index is 0.136. The van der Waals surface area contributed by atoms with Crippen molar-refractivity contribution in [1.29, 1.82) is 0 Å². The van der Waals surface area contributed by atoms with Crippen molar-refractivity contribution in [2.75, 3.05) is 9.80 Å². The zero-order valence-electron chi connectivity index (χ0n) is 49.5. The molecule has 0 saturated carbocycles. The second kappa shape index (κ2) is 22.1. The van der Waals surface area contributed by atoms with E-state index in [1.807, 2.05) is 34.9 Å². The summed E-state index contributed by atoms with van der Waals surface area (Å²) in [5, 5.41) is 1.80. The van der Waals surface area contributed by atoms with E-state index < -0.39 is 23.3 Å². The van der Waals surface area contributed by atoms with E-state index in [2.05, 4.69) is 240 Å². The molecule has 15 aromatic rings. The molecule has 92 heavy (non-hydrogen) atoms. The molecule has 14 aromatic carbocycles. The van der Waals surface area contributed by atoms with Crippen molar-refractivity contribution in [1.82, 2.24) is 4.57 Å². The van der Waals surface area contributed by atoms with Crippen LogP contribution in [0.15, 0.2) is 315 Å². The number of fused-ring (bicyclic) bond motifs is 7. The molecule has 0 spiro atoms. The Morgan fingerprint density at radius 1 is 0.239 bits per heavy atom. The van der Waals surface area contributed by atoms with Crippen molar-refractivity contribution in [2.45, 2.75) is 0 Å². The molecule has 0 fully saturated rings. The standard InChI is InChI=1S/C84H52BF4N3/c86-71-26-15-27-72(87)82(71)62-38-44-77(68(48-62)83-73(88)28-16-29-74(83)89)92-75-30-14-13-25-66(75)67-47-59(35-43-76(67)92)63-51-80-84-81(52-63)91(65-41-33-58(34-42-65)54-19-7-2-8-20-54)79-46-37-61(56-23-11-4-12-24-56)50-70(79)85(84)69-49-60(55-21-9-3-10-22-55)36-45-78(69)90(80)64-39-31-57(32-40-64)53-17-5-1-6-18-53/h1-52H. The summed E-state index contributed by atoms with van der Waals surface area (Å²) in [6.07, 6.45) is 0. The number of aromatic nitrogens is 1. The van der Waals surface area contributed by atoms with Crippen LogP contribution in [0.5, 0.6) is 0 Å². The van der Waals surface area contributed by atoms with E-state index in [1.165, 1.54) is 53.4 Å². The fraction of sp³-hybridized carbons (Fsp3) is 0. The fourth-order valence-electron chi connectivity index (χ4n) is 14.2. The van der Waals surface area contributed by atoms with Crippen LogP contribution in [0.1, 0.15) is 0 Å². The summed E-state index contributed by atoms with van der Waals surface area (Å²) in [4.78, 5) is 4.90. The fourth-order valence-corrected chi connectivity index (χ4v) is 14.2. The van der Waals surface area contributed by atoms with E-state index in [0.29, 0.717) is 5.69 Å². The predicted molar refractivity (Wildman–Crippen MR) is 373 cm³/mol. The van der Waals surface area contributed by atoms with Crippen LogP contribution in [-0.2, 0) is 0 Å². The number of para-hydroxylation sites is 1. The normalized spacial score (nSPS) is 12.3. The van der Waals surface area contributed by atoms with Gasteiger partial charge in [0.15, 0.2) is 0 Å². The first kappa shape index (κ1) is 54.4. The Morgan fingerprint density at radius 3 is 1.12 bits per heavy atom. The minimum atomic E-state index is -0.806. The molecular formula is C84H52BF4N3. The maximum Gasteiger partial charge on any atom is 0.252 e. The molecule has 3 nitrogen and oxygen atoms in total. The Morgan fingerprint density at radius 2 is 0.620 bits per heavy atom. The van der Waals surface area contributed by atoms with Crippen molar-refractivity contribution in [3.8, 4) is 83.6 Å². The first-order valence-electron chi connectivity index (χ1n) is 30.8. The highest BCUT2D eigenvalue weighted by atomic mass is 19.1. The Labute approximate surface area is 530 Å². The molecule has 0 amide bonds. The van der Waals surface area contributed by atoms with Crippen molar-refractivity contribution < 1.29 is 17.6 Å². The van der Waals surface area contributed by atoms with Crippen LogP contribution in [0.25, 0.3) is 105 Å². The summed E-state index contributed by atoms with van der Waals surface area (Å²) in [6, 6.07) is 105. The lowest BCUT2D eigenvalue weighted by Gasteiger charge is -2.44. The maximum atomic E-state index is 16.3. The first-order chi connectivity index (χ1) is 45.3. The lowest BCUT2D eigenvalue weighted by molar-refractivity contribution is 0.589. The van der Waals surface area contributed by atoms with Crippen LogP contribution < -0.4 is 26.2 Å². The SMILES string of the molecule is Fc1cccc(F)c1-c1ccc(-n2c3ccccc3c3cc(-c4cc5c6c(c4)N(c4ccc(-c7ccccc7)cc4)c4ccc(-c7ccccc7)cc4B6c4cc(-c6ccccc6)ccc4N5c4ccc(-c5ccccc5)cc4)ccc32)c(-c2c(F)cccc2F)c1. The van der Waals surface area contributed by atoms with E-state index in [9.17, 15) is 0 Å². The number of hydrogen-bond donors (Lipinski definition) is 0. The van der Waals surface area contributed by atoms with Crippen LogP contribution in [0.2, 0.25) is 0 Å². The molecule has 3 heterocycles. The Hall–Kier alpha value is -11.7. The number of nitrogens with zero attached hydrogens (tertiary/aromatic N) is 3. The van der Waals surface area contributed by atoms with Gasteiger partial charge in [0.2, 0.25) is 0 Å². The summed E-state index contributed by atoms with van der Waals surface area (Å²) in [6.45, 7) is -0.221. The molecule has 2 aliphatic heterocycles. The summed E-state index contributed by atoms with van der Waals surface area (Å²) in [5.74, 6) is -3.19. The van der Waals surface area contributed by atoms with Crippen molar-refractivity contribution >= 4 is 79.0 Å². The smallest absolute Gasteiger partial charge is 0.252 e. The molecule has 0 N–H and O–H groups in total. The Kier molecular flexibility index (Phi) is 13.1. The minimum Gasteiger partial charge on any atom is -0.311 e. The zero-order chi connectivity index (χ0) is 61.6. The van der Waals surface area contributed by atoms with Crippen molar-refractivity contribution in [3.05, 3.63) is 339 Å². The van der Waals surface area contributed by atoms with E-state index in [1.54, 1.807) is 12.1 Å². The third-order valence-corrected chi connectivity index (χ3v) is 18.5. The third-order valence-electron chi connectivity index (χ3n) is 18.5. The van der Waals surface area contributed by atoms with Gasteiger partial charge in [-0.25, -0.2) is 17.6 Å². The number of halogens is 4. The van der Waals surface area contributed by atoms with Gasteiger partial charge in [0.25, 0.3) is 6.71 Å². The largest absolute Gasteiger partial charge is 0.311 e. The van der Waals surface area contributed by atoms with E-state index in [0.717, 1.165) is 117 Å². The van der Waals surface area contributed by atoms with E-state index in [4.69, 9.17) is 0 Å². The summed E-state index contributed by atoms with van der Waals surface area (Å²) < 4.78 is 65.8. The average Bonchev–Trinajstić information content (AvgIpc) is 0.767. The quantitative estimate of drug-likeness (QED) is 0.0999. The van der Waals surface area contributed by atoms with Gasteiger partial charge in [0.1, 0.15) is 23.3 Å². The lowest BCUT2D eigenvalue weighted by Crippen LogP contribution is -2.61. The number of anilines is 6. The molecule has 2 aliphatic rings. The molecule has 0 bridgehead atoms. The second-order valence-corrected chi connectivity index (χ2v) is 23.6. The van der Waals surface area contributed by atoms with Crippen LogP contribution in [0, 0.1) is 23.3 Å². The molecule has 8 heteroatoms. The number of hydrogen-bond acceptors (Lipinski definition) is 2. The molecular weight excluding hydrogens is 1140 g/mol. The highest BCUT2D eigenvalue weighted by Gasteiger charge is 2.44. The molecule has 0 atom stereocenters. The Bertz CT molecular complexity index is 5150. The summed E-state index contributed by atoms with van der Waals surface area (Å²) >= 11 is 0. The summed E-state index contributed by atoms with van der Waals surface area (Å²) in [5.41, 5.74) is 22.3. The van der Waals surface area contributed by atoms with Crippen molar-refractivity contribution in [3.63, 3.8) is 0 Å². The summed E-state index contributed by atoms with van der Waals surface area (Å²) in [7, 11) is 0. The Balaban J connectivity index is 0.927. The van der Waals surface area contributed by atoms with Gasteiger partial charge in [-0.2, -0.15) is 0 Å². The first-order valence-corrected chi connectivity index (χ1v) is 30.8. The van der Waals surface area contributed by atoms with E-state index in [-0.39, 0.29) is 29.0 Å². The van der Waals surface area contributed by atoms with Gasteiger partial charge < -0.3 is 14.4 Å². The maximum absolute atomic E-state index is 16.3. The van der Waals surface area contributed by atoms with Gasteiger partial charge >= 0.3 is 0 Å². The highest BCUT2D eigenvalue weighted by Crippen LogP contribution is 2.49. The van der Waals surface area contributed by atoms with Gasteiger partial charge in [-0.1, -0.05) is 212 Å². The van der Waals surface area contributed by atoms with Crippen LogP contribution in [-0.4, -0.2) is 11.3 Å². The molecule has 1 aromatic heterocycles. The van der Waals surface area contributed by atoms with Gasteiger partial charge in [-0.15, -0.1) is 0 Å². The third kappa shape index (κ3) is 9.05. The molecule has 0 aliphatic carbocycles. The molecule has 0 unspecified atom stereocenters. The number of benzene rings is 14. The zero-order valence-corrected chi connectivity index (χ0v) is 49.5. The second-order valence-electron chi connectivity index (χ2n) is 23.6. The van der Waals surface area contributed by atoms with Gasteiger partial charge in [0.05, 0.1) is 27.8 Å². The lowest BCUT2D eigenvalue weighted by atomic mass is 9.33.